The first-order valence-electron chi connectivity index (χ1n) is 14.0. The summed E-state index contributed by atoms with van der Waals surface area (Å²) in [5.74, 6) is -0.105. The Morgan fingerprint density at radius 3 is 1.76 bits per heavy atom. The van der Waals surface area contributed by atoms with Crippen LogP contribution in [0, 0.1) is 0 Å². The van der Waals surface area contributed by atoms with Crippen LogP contribution in [-0.4, -0.2) is 63.8 Å². The Bertz CT molecular complexity index is 1160. The van der Waals surface area contributed by atoms with E-state index in [-0.39, 0.29) is 32.0 Å². The highest BCUT2D eigenvalue weighted by Crippen LogP contribution is 2.40. The zero-order valence-corrected chi connectivity index (χ0v) is 25.4. The average Bonchev–Trinajstić information content (AvgIpc) is 2.95. The number of unbranched alkanes of at least 4 members (excludes halogenated alkanes) is 2. The molecule has 0 aliphatic heterocycles. The lowest BCUT2D eigenvalue weighted by molar-refractivity contribution is -0.150. The van der Waals surface area contributed by atoms with Crippen molar-refractivity contribution < 1.29 is 38.0 Å². The summed E-state index contributed by atoms with van der Waals surface area (Å²) in [5, 5.41) is 1.77. The van der Waals surface area contributed by atoms with Crippen molar-refractivity contribution in [2.45, 2.75) is 65.6 Å². The molecular formula is C32H43ClO8. The van der Waals surface area contributed by atoms with Crippen LogP contribution in [0.5, 0.6) is 11.5 Å². The Labute approximate surface area is 248 Å². The molecule has 0 amide bonds. The van der Waals surface area contributed by atoms with Gasteiger partial charge >= 0.3 is 11.9 Å². The van der Waals surface area contributed by atoms with Gasteiger partial charge in [0.15, 0.2) is 12.2 Å². The fourth-order valence-electron chi connectivity index (χ4n) is 3.57. The highest BCUT2D eigenvalue weighted by molar-refractivity contribution is 6.33. The van der Waals surface area contributed by atoms with Crippen LogP contribution >= 0.6 is 11.6 Å². The third-order valence-electron chi connectivity index (χ3n) is 5.89. The predicted molar refractivity (Wildman–Crippen MR) is 161 cm³/mol. The minimum absolute atomic E-state index is 0.0308. The summed E-state index contributed by atoms with van der Waals surface area (Å²) in [6, 6.07) is 9.13. The number of halogens is 1. The highest BCUT2D eigenvalue weighted by atomic mass is 35.5. The molecule has 9 heteroatoms. The van der Waals surface area contributed by atoms with Crippen LogP contribution in [0.25, 0.3) is 10.8 Å². The van der Waals surface area contributed by atoms with Crippen molar-refractivity contribution >= 4 is 34.3 Å². The first-order valence-corrected chi connectivity index (χ1v) is 14.4. The second kappa shape index (κ2) is 18.4. The Morgan fingerprint density at radius 2 is 1.27 bits per heavy atom. The highest BCUT2D eigenvalue weighted by Gasteiger charge is 2.21. The molecule has 0 aliphatic carbocycles. The third kappa shape index (κ3) is 11.7. The maximum atomic E-state index is 12.2. The van der Waals surface area contributed by atoms with Gasteiger partial charge in [0.25, 0.3) is 0 Å². The summed E-state index contributed by atoms with van der Waals surface area (Å²) >= 11 is 6.67. The van der Waals surface area contributed by atoms with Gasteiger partial charge in [0.1, 0.15) is 24.7 Å². The third-order valence-corrected chi connectivity index (χ3v) is 6.17. The molecule has 8 nitrogen and oxygen atoms in total. The van der Waals surface area contributed by atoms with Gasteiger partial charge in [-0.05, 0) is 26.7 Å². The van der Waals surface area contributed by atoms with E-state index in [1.807, 2.05) is 24.3 Å². The van der Waals surface area contributed by atoms with Crippen LogP contribution in [0.4, 0.5) is 0 Å². The van der Waals surface area contributed by atoms with Gasteiger partial charge in [0.05, 0.1) is 18.2 Å². The molecule has 0 spiro atoms. The van der Waals surface area contributed by atoms with E-state index in [1.54, 1.807) is 19.9 Å². The quantitative estimate of drug-likeness (QED) is 0.0938. The summed E-state index contributed by atoms with van der Waals surface area (Å²) in [6.07, 6.45) is 2.50. The Hall–Kier alpha value is -3.07. The van der Waals surface area contributed by atoms with Gasteiger partial charge in [-0.15, -0.1) is 0 Å². The van der Waals surface area contributed by atoms with Crippen molar-refractivity contribution in [3.63, 3.8) is 0 Å². The maximum absolute atomic E-state index is 12.2. The molecule has 2 atom stereocenters. The van der Waals surface area contributed by atoms with Gasteiger partial charge in [-0.3, -0.25) is 0 Å². The van der Waals surface area contributed by atoms with E-state index < -0.39 is 24.1 Å². The number of carbonyl (C=O) groups is 2. The van der Waals surface area contributed by atoms with Crippen LogP contribution in [0.15, 0.2) is 54.6 Å². The summed E-state index contributed by atoms with van der Waals surface area (Å²) in [6.45, 7) is 16.2. The van der Waals surface area contributed by atoms with E-state index in [0.717, 1.165) is 31.1 Å². The van der Waals surface area contributed by atoms with Crippen LogP contribution < -0.4 is 9.47 Å². The van der Waals surface area contributed by atoms with Gasteiger partial charge in [0, 0.05) is 41.2 Å². The van der Waals surface area contributed by atoms with Crippen molar-refractivity contribution in [3.8, 4) is 11.5 Å². The second-order valence-corrected chi connectivity index (χ2v) is 10.2. The summed E-state index contributed by atoms with van der Waals surface area (Å²) in [4.78, 5) is 24.4. The van der Waals surface area contributed by atoms with Crippen LogP contribution in [0.1, 0.15) is 53.4 Å². The van der Waals surface area contributed by atoms with Gasteiger partial charge in [-0.1, -0.05) is 75.7 Å². The fourth-order valence-corrected chi connectivity index (χ4v) is 3.82. The van der Waals surface area contributed by atoms with Crippen molar-refractivity contribution in [1.29, 1.82) is 0 Å². The van der Waals surface area contributed by atoms with E-state index in [2.05, 4.69) is 27.0 Å². The number of hydrogen-bond acceptors (Lipinski definition) is 8. The zero-order chi connectivity index (χ0) is 30.2. The average molecular weight is 591 g/mol. The summed E-state index contributed by atoms with van der Waals surface area (Å²) < 4.78 is 34.7. The number of hydrogen-bond donors (Lipinski definition) is 0. The molecule has 0 saturated heterocycles. The first-order chi connectivity index (χ1) is 19.7. The summed E-state index contributed by atoms with van der Waals surface area (Å²) in [7, 11) is 0. The predicted octanol–water partition coefficient (Wildman–Crippen LogP) is 6.86. The van der Waals surface area contributed by atoms with Gasteiger partial charge in [0.2, 0.25) is 0 Å². The molecule has 226 valence electrons. The maximum Gasteiger partial charge on any atom is 0.333 e. The number of carbonyl (C=O) groups excluding carboxylic acids is 2. The molecule has 2 rings (SSSR count). The van der Waals surface area contributed by atoms with Crippen molar-refractivity contribution in [2.24, 2.45) is 0 Å². The monoisotopic (exact) mass is 590 g/mol. The Balaban J connectivity index is 2.21. The minimum atomic E-state index is -0.654. The lowest BCUT2D eigenvalue weighted by Crippen LogP contribution is -2.30. The Kier molecular flexibility index (Phi) is 15.3. The molecule has 2 aromatic carbocycles. The number of fused-ring (bicyclic) bond motifs is 1. The molecule has 0 heterocycles. The van der Waals surface area contributed by atoms with E-state index in [1.165, 1.54) is 0 Å². The van der Waals surface area contributed by atoms with Gasteiger partial charge in [-0.2, -0.15) is 0 Å². The normalized spacial score (nSPS) is 12.4. The lowest BCUT2D eigenvalue weighted by Gasteiger charge is -2.22. The van der Waals surface area contributed by atoms with Crippen LogP contribution in [0.3, 0.4) is 0 Å². The van der Waals surface area contributed by atoms with E-state index in [4.69, 9.17) is 40.0 Å². The molecule has 0 N–H and O–H groups in total. The van der Waals surface area contributed by atoms with Gasteiger partial charge < -0.3 is 28.4 Å². The van der Waals surface area contributed by atoms with E-state index in [0.29, 0.717) is 40.7 Å². The van der Waals surface area contributed by atoms with E-state index >= 15 is 0 Å². The molecule has 0 aliphatic rings. The number of ether oxygens (including phenoxy) is 6. The molecule has 0 bridgehead atoms. The van der Waals surface area contributed by atoms with Crippen LogP contribution in [0.2, 0.25) is 5.02 Å². The molecule has 0 aromatic heterocycles. The zero-order valence-electron chi connectivity index (χ0n) is 24.7. The smallest absolute Gasteiger partial charge is 0.333 e. The lowest BCUT2D eigenvalue weighted by atomic mass is 10.1. The van der Waals surface area contributed by atoms with E-state index in [9.17, 15) is 9.59 Å². The summed E-state index contributed by atoms with van der Waals surface area (Å²) in [5.41, 5.74) is 0.582. The largest absolute Gasteiger partial charge is 0.489 e. The van der Waals surface area contributed by atoms with Crippen molar-refractivity contribution in [3.05, 3.63) is 59.7 Å². The number of benzene rings is 2. The molecule has 2 unspecified atom stereocenters. The molecule has 0 saturated carbocycles. The standard InChI is InChI=1S/C32H43ClO8/c1-7-9-15-36-18-24(40-31(34)22(3)4)20-38-29-17-28(33)30(27-14-12-11-13-26(27)29)39-21-25(19-37-16-10-8-2)41-32(35)23(5)6/h11-14,17,24-25H,3,5,7-10,15-16,18-21H2,1-2,4,6H3. The number of esters is 2. The molecule has 0 fully saturated rings. The van der Waals surface area contributed by atoms with Crippen molar-refractivity contribution in [2.75, 3.05) is 39.6 Å². The Morgan fingerprint density at radius 1 is 0.780 bits per heavy atom. The van der Waals surface area contributed by atoms with Crippen LogP contribution in [-0.2, 0) is 28.5 Å². The van der Waals surface area contributed by atoms with Crippen molar-refractivity contribution in [1.82, 2.24) is 0 Å². The molecule has 41 heavy (non-hydrogen) atoms. The fraction of sp³-hybridized carbons (Fsp3) is 0.500. The topological polar surface area (TPSA) is 89.5 Å². The second-order valence-electron chi connectivity index (χ2n) is 9.83. The SMILES string of the molecule is C=C(C)C(=O)OC(COCCCC)COc1cc(Cl)c(OCC(COCCCC)OC(=O)C(=C)C)c2ccccc12. The minimum Gasteiger partial charge on any atom is -0.489 e. The molecular weight excluding hydrogens is 548 g/mol. The molecule has 2 aromatic rings. The number of rotatable bonds is 20. The molecule has 0 radical (unpaired) electrons. The van der Waals surface area contributed by atoms with Gasteiger partial charge in [-0.25, -0.2) is 9.59 Å². The first kappa shape index (κ1) is 34.1.